The molecule has 4 rings (SSSR count). The van der Waals surface area contributed by atoms with Gasteiger partial charge in [0.25, 0.3) is 5.91 Å². The molecule has 1 amide bonds. The van der Waals surface area contributed by atoms with Gasteiger partial charge in [0.1, 0.15) is 0 Å². The maximum absolute atomic E-state index is 12.9. The van der Waals surface area contributed by atoms with Gasteiger partial charge >= 0.3 is 0 Å². The minimum atomic E-state index is -0.0196. The number of benzene rings is 1. The van der Waals surface area contributed by atoms with Gasteiger partial charge in [0.2, 0.25) is 0 Å². The number of ether oxygens (including phenoxy) is 1. The third-order valence-electron chi connectivity index (χ3n) is 5.10. The first-order chi connectivity index (χ1) is 12.1. The van der Waals surface area contributed by atoms with Crippen molar-refractivity contribution < 1.29 is 9.53 Å². The number of rotatable bonds is 5. The van der Waals surface area contributed by atoms with E-state index in [2.05, 4.69) is 24.4 Å². The highest BCUT2D eigenvalue weighted by molar-refractivity contribution is 5.97. The molecule has 1 aromatic carbocycles. The molecule has 132 valence electrons. The average molecular weight is 339 g/mol. The topological polar surface area (TPSA) is 56.2 Å². The Morgan fingerprint density at radius 2 is 2.16 bits per heavy atom. The molecule has 1 aromatic heterocycles. The molecule has 0 unspecified atom stereocenters. The summed E-state index contributed by atoms with van der Waals surface area (Å²) >= 11 is 0. The van der Waals surface area contributed by atoms with E-state index in [1.807, 2.05) is 23.7 Å². The summed E-state index contributed by atoms with van der Waals surface area (Å²) in [6.07, 6.45) is 4.50. The third kappa shape index (κ3) is 3.33. The van der Waals surface area contributed by atoms with Gasteiger partial charge in [-0.1, -0.05) is 12.1 Å². The molecule has 0 spiro atoms. The van der Waals surface area contributed by atoms with E-state index in [4.69, 9.17) is 9.84 Å². The Kier molecular flexibility index (Phi) is 4.34. The molecule has 2 fully saturated rings. The molecule has 1 saturated carbocycles. The van der Waals surface area contributed by atoms with E-state index in [-0.39, 0.29) is 12.0 Å². The van der Waals surface area contributed by atoms with Crippen molar-refractivity contribution >= 4 is 5.91 Å². The molecule has 2 heterocycles. The van der Waals surface area contributed by atoms with Gasteiger partial charge in [-0.3, -0.25) is 4.79 Å². The predicted octanol–water partition coefficient (Wildman–Crippen LogP) is 3.28. The fourth-order valence-corrected chi connectivity index (χ4v) is 3.56. The second-order valence-electron chi connectivity index (χ2n) is 7.22. The lowest BCUT2D eigenvalue weighted by Crippen LogP contribution is -2.32. The zero-order valence-electron chi connectivity index (χ0n) is 14.9. The molecule has 1 aliphatic heterocycles. The molecule has 2 aromatic rings. The Morgan fingerprint density at radius 3 is 2.84 bits per heavy atom. The molecule has 25 heavy (non-hydrogen) atoms. The maximum atomic E-state index is 12.9. The Hall–Kier alpha value is -2.14. The van der Waals surface area contributed by atoms with Crippen molar-refractivity contribution in [3.63, 3.8) is 0 Å². The Labute approximate surface area is 148 Å². The number of carbonyl (C=O) groups is 1. The van der Waals surface area contributed by atoms with Crippen LogP contribution in [0.15, 0.2) is 24.3 Å². The summed E-state index contributed by atoms with van der Waals surface area (Å²) in [6, 6.07) is 8.24. The van der Waals surface area contributed by atoms with Crippen LogP contribution in [0.2, 0.25) is 0 Å². The zero-order chi connectivity index (χ0) is 17.4. The first kappa shape index (κ1) is 16.3. The van der Waals surface area contributed by atoms with Gasteiger partial charge < -0.3 is 10.1 Å². The number of nitrogens with zero attached hydrogens (tertiary/aromatic N) is 2. The first-order valence-electron chi connectivity index (χ1n) is 9.20. The lowest BCUT2D eigenvalue weighted by atomic mass is 10.1. The predicted molar refractivity (Wildman–Crippen MR) is 96.3 cm³/mol. The fraction of sp³-hybridized carbons (Fsp3) is 0.500. The summed E-state index contributed by atoms with van der Waals surface area (Å²) in [6.45, 7) is 5.44. The summed E-state index contributed by atoms with van der Waals surface area (Å²) in [5.41, 5.74) is 4.81. The second kappa shape index (κ2) is 6.64. The highest BCUT2D eigenvalue weighted by Crippen LogP contribution is 2.42. The van der Waals surface area contributed by atoms with E-state index in [0.29, 0.717) is 12.5 Å². The van der Waals surface area contributed by atoms with E-state index >= 15 is 0 Å². The van der Waals surface area contributed by atoms with Crippen LogP contribution in [0.1, 0.15) is 58.9 Å². The van der Waals surface area contributed by atoms with Gasteiger partial charge in [-0.05, 0) is 57.2 Å². The van der Waals surface area contributed by atoms with Gasteiger partial charge in [-0.25, -0.2) is 4.68 Å². The number of hydrogen-bond acceptors (Lipinski definition) is 3. The summed E-state index contributed by atoms with van der Waals surface area (Å²) in [5.74, 6) is 0.405. The zero-order valence-corrected chi connectivity index (χ0v) is 14.9. The number of nitrogens with one attached hydrogen (secondary N) is 1. The normalized spacial score (nSPS) is 20.0. The highest BCUT2D eigenvalue weighted by Gasteiger charge is 2.34. The summed E-state index contributed by atoms with van der Waals surface area (Å²) in [7, 11) is 0. The number of aryl methyl sites for hydroxylation is 1. The molecular formula is C20H25N3O2. The van der Waals surface area contributed by atoms with Crippen LogP contribution in [0.3, 0.4) is 0 Å². The van der Waals surface area contributed by atoms with Crippen molar-refractivity contribution in [1.82, 2.24) is 15.1 Å². The fourth-order valence-electron chi connectivity index (χ4n) is 3.56. The molecule has 2 aliphatic rings. The first-order valence-corrected chi connectivity index (χ1v) is 9.20. The van der Waals surface area contributed by atoms with Crippen LogP contribution in [-0.2, 0) is 4.74 Å². The van der Waals surface area contributed by atoms with Crippen molar-refractivity contribution in [3.05, 3.63) is 46.8 Å². The average Bonchev–Trinajstić information content (AvgIpc) is 3.19. The van der Waals surface area contributed by atoms with Crippen LogP contribution in [0, 0.1) is 13.8 Å². The molecule has 5 nitrogen and oxygen atoms in total. The van der Waals surface area contributed by atoms with E-state index in [0.717, 1.165) is 54.9 Å². The van der Waals surface area contributed by atoms with Crippen LogP contribution < -0.4 is 5.32 Å². The van der Waals surface area contributed by atoms with Crippen molar-refractivity contribution in [3.8, 4) is 5.69 Å². The van der Waals surface area contributed by atoms with Crippen LogP contribution >= 0.6 is 0 Å². The Balaban J connectivity index is 1.62. The van der Waals surface area contributed by atoms with E-state index < -0.39 is 0 Å². The molecular weight excluding hydrogens is 314 g/mol. The monoisotopic (exact) mass is 339 g/mol. The molecule has 1 atom stereocenters. The lowest BCUT2D eigenvalue weighted by molar-refractivity contribution is 0.0856. The molecule has 0 radical (unpaired) electrons. The summed E-state index contributed by atoms with van der Waals surface area (Å²) < 4.78 is 7.53. The van der Waals surface area contributed by atoms with Crippen LogP contribution in [0.25, 0.3) is 5.69 Å². The highest BCUT2D eigenvalue weighted by atomic mass is 16.5. The number of aromatic nitrogens is 2. The summed E-state index contributed by atoms with van der Waals surface area (Å²) in [4.78, 5) is 12.9. The van der Waals surface area contributed by atoms with Crippen LogP contribution in [0.4, 0.5) is 0 Å². The molecule has 5 heteroatoms. The molecule has 1 aliphatic carbocycles. The smallest absolute Gasteiger partial charge is 0.255 e. The van der Waals surface area contributed by atoms with Crippen molar-refractivity contribution in [2.75, 3.05) is 13.2 Å². The van der Waals surface area contributed by atoms with E-state index in [1.54, 1.807) is 0 Å². The Morgan fingerprint density at radius 1 is 1.32 bits per heavy atom. The maximum Gasteiger partial charge on any atom is 0.255 e. The minimum Gasteiger partial charge on any atom is -0.376 e. The summed E-state index contributed by atoms with van der Waals surface area (Å²) in [5, 5.41) is 7.87. The quantitative estimate of drug-likeness (QED) is 0.909. The lowest BCUT2D eigenvalue weighted by Gasteiger charge is -2.11. The van der Waals surface area contributed by atoms with Crippen molar-refractivity contribution in [2.24, 2.45) is 0 Å². The minimum absolute atomic E-state index is 0.0196. The van der Waals surface area contributed by atoms with Crippen molar-refractivity contribution in [2.45, 2.75) is 51.6 Å². The van der Waals surface area contributed by atoms with Gasteiger partial charge in [0.05, 0.1) is 28.7 Å². The molecule has 1 saturated heterocycles. The van der Waals surface area contributed by atoms with E-state index in [9.17, 15) is 4.79 Å². The van der Waals surface area contributed by atoms with Gasteiger partial charge in [-0.2, -0.15) is 5.10 Å². The van der Waals surface area contributed by atoms with Gasteiger partial charge in [0, 0.05) is 19.1 Å². The van der Waals surface area contributed by atoms with Gasteiger partial charge in [-0.15, -0.1) is 0 Å². The number of carbonyl (C=O) groups excluding carboxylic acids is 1. The standard InChI is InChI=1S/C20H25N3O2/c1-13-5-3-6-16(11-13)23-14(2)18(19(22-23)15-8-9-15)20(24)21-12-17-7-4-10-25-17/h3,5-6,11,15,17H,4,7-10,12H2,1-2H3,(H,21,24)/t17-/m1/s1. The van der Waals surface area contributed by atoms with Crippen LogP contribution in [0.5, 0.6) is 0 Å². The van der Waals surface area contributed by atoms with Crippen LogP contribution in [-0.4, -0.2) is 34.9 Å². The second-order valence-corrected chi connectivity index (χ2v) is 7.22. The SMILES string of the molecule is Cc1cccc(-n2nc(C3CC3)c(C(=O)NC[C@H]3CCCO3)c2C)c1. The van der Waals surface area contributed by atoms with Gasteiger partial charge in [0.15, 0.2) is 0 Å². The molecule has 0 bridgehead atoms. The van der Waals surface area contributed by atoms with E-state index in [1.165, 1.54) is 5.56 Å². The number of hydrogen-bond donors (Lipinski definition) is 1. The largest absolute Gasteiger partial charge is 0.376 e. The third-order valence-corrected chi connectivity index (χ3v) is 5.10. The molecule has 1 N–H and O–H groups in total. The van der Waals surface area contributed by atoms with Crippen molar-refractivity contribution in [1.29, 1.82) is 0 Å². The Bertz CT molecular complexity index is 786. The number of amides is 1.